The van der Waals surface area contributed by atoms with Crippen LogP contribution in [0.2, 0.25) is 0 Å². The first kappa shape index (κ1) is 13.8. The second-order valence-corrected chi connectivity index (χ2v) is 7.14. The number of ether oxygens (including phenoxy) is 1. The fraction of sp³-hybridized carbons (Fsp3) is 0.0769. The number of thiophene rings is 1. The van der Waals surface area contributed by atoms with Gasteiger partial charge < -0.3 is 10.5 Å². The lowest BCUT2D eigenvalue weighted by Crippen LogP contribution is -1.97. The summed E-state index contributed by atoms with van der Waals surface area (Å²) in [5.41, 5.74) is 5.73. The van der Waals surface area contributed by atoms with E-state index in [0.29, 0.717) is 11.6 Å². The minimum atomic E-state index is 0.211. The molecule has 0 fully saturated rings. The summed E-state index contributed by atoms with van der Waals surface area (Å²) in [7, 11) is 0. The first-order valence-electron chi connectivity index (χ1n) is 5.69. The molecule has 0 unspecified atom stereocenters. The van der Waals surface area contributed by atoms with E-state index in [-0.39, 0.29) is 5.95 Å². The molecule has 2 N–H and O–H groups in total. The Labute approximate surface area is 136 Å². The highest BCUT2D eigenvalue weighted by Crippen LogP contribution is 2.36. The fourth-order valence-corrected chi connectivity index (χ4v) is 3.78. The van der Waals surface area contributed by atoms with E-state index in [1.165, 1.54) is 0 Å². The molecule has 0 saturated carbocycles. The molecule has 0 aliphatic rings. The van der Waals surface area contributed by atoms with Crippen LogP contribution in [0.4, 0.5) is 5.95 Å². The molecule has 0 saturated heterocycles. The van der Waals surface area contributed by atoms with Crippen molar-refractivity contribution in [3.8, 4) is 11.6 Å². The molecule has 0 amide bonds. The molecule has 0 spiro atoms. The van der Waals surface area contributed by atoms with Crippen LogP contribution in [0.3, 0.4) is 0 Å². The normalized spacial score (nSPS) is 10.9. The number of hydrogen-bond acceptors (Lipinski definition) is 5. The summed E-state index contributed by atoms with van der Waals surface area (Å²) in [4.78, 5) is 10.4. The second-order valence-electron chi connectivity index (χ2n) is 4.14. The summed E-state index contributed by atoms with van der Waals surface area (Å²) < 4.78 is 7.68. The van der Waals surface area contributed by atoms with Crippen LogP contribution in [0, 0.1) is 6.92 Å². The summed E-state index contributed by atoms with van der Waals surface area (Å²) >= 11 is 8.44. The molecule has 7 heteroatoms. The van der Waals surface area contributed by atoms with Gasteiger partial charge in [0.1, 0.15) is 10.6 Å². The maximum atomic E-state index is 5.88. The zero-order valence-corrected chi connectivity index (χ0v) is 14.3. The van der Waals surface area contributed by atoms with Crippen molar-refractivity contribution in [2.75, 3.05) is 5.73 Å². The van der Waals surface area contributed by atoms with Crippen molar-refractivity contribution < 1.29 is 4.74 Å². The van der Waals surface area contributed by atoms with E-state index in [9.17, 15) is 0 Å². The van der Waals surface area contributed by atoms with Crippen LogP contribution < -0.4 is 10.5 Å². The van der Waals surface area contributed by atoms with Gasteiger partial charge in [0, 0.05) is 9.35 Å². The number of benzene rings is 1. The van der Waals surface area contributed by atoms with Gasteiger partial charge in [-0.3, -0.25) is 0 Å². The van der Waals surface area contributed by atoms with Crippen LogP contribution >= 0.6 is 43.2 Å². The predicted molar refractivity (Wildman–Crippen MR) is 88.5 cm³/mol. The molecular formula is C13H9Br2N3OS. The molecule has 3 aromatic rings. The van der Waals surface area contributed by atoms with Gasteiger partial charge >= 0.3 is 0 Å². The molecule has 20 heavy (non-hydrogen) atoms. The Morgan fingerprint density at radius 2 is 2.00 bits per heavy atom. The quantitative estimate of drug-likeness (QED) is 0.647. The Morgan fingerprint density at radius 1 is 1.20 bits per heavy atom. The summed E-state index contributed by atoms with van der Waals surface area (Å²) in [6.07, 6.45) is 0. The summed E-state index contributed by atoms with van der Waals surface area (Å²) in [6.45, 7) is 2.02. The van der Waals surface area contributed by atoms with Crippen molar-refractivity contribution in [2.45, 2.75) is 6.92 Å². The molecule has 1 aromatic carbocycles. The van der Waals surface area contributed by atoms with Gasteiger partial charge in [-0.2, -0.15) is 4.98 Å². The first-order valence-corrected chi connectivity index (χ1v) is 8.10. The van der Waals surface area contributed by atoms with E-state index >= 15 is 0 Å². The molecule has 4 nitrogen and oxygen atoms in total. The highest BCUT2D eigenvalue weighted by atomic mass is 79.9. The van der Waals surface area contributed by atoms with E-state index in [2.05, 4.69) is 41.8 Å². The summed E-state index contributed by atoms with van der Waals surface area (Å²) in [6, 6.07) is 7.68. The molecule has 0 aliphatic heterocycles. The van der Waals surface area contributed by atoms with Gasteiger partial charge in [-0.25, -0.2) is 4.98 Å². The van der Waals surface area contributed by atoms with Crippen LogP contribution in [0.1, 0.15) is 4.88 Å². The molecule has 0 radical (unpaired) electrons. The highest BCUT2D eigenvalue weighted by Gasteiger charge is 2.12. The number of rotatable bonds is 2. The Hall–Kier alpha value is -1.18. The number of aryl methyl sites for hydroxylation is 1. The smallest absolute Gasteiger partial charge is 0.232 e. The number of halogens is 2. The molecule has 102 valence electrons. The van der Waals surface area contributed by atoms with Gasteiger partial charge in [0.2, 0.25) is 11.8 Å². The average molecular weight is 415 g/mol. The van der Waals surface area contributed by atoms with Crippen molar-refractivity contribution in [3.63, 3.8) is 0 Å². The van der Waals surface area contributed by atoms with Crippen LogP contribution in [-0.2, 0) is 0 Å². The third-order valence-electron chi connectivity index (χ3n) is 2.60. The van der Waals surface area contributed by atoms with E-state index in [0.717, 1.165) is 24.0 Å². The van der Waals surface area contributed by atoms with E-state index in [4.69, 9.17) is 10.5 Å². The largest absolute Gasteiger partial charge is 0.437 e. The monoisotopic (exact) mass is 413 g/mol. The maximum absolute atomic E-state index is 5.88. The SMILES string of the molecule is Cc1cc2c(Oc3ccc(Br)cc3Br)nc(N)nc2s1. The third-order valence-corrected chi connectivity index (χ3v) is 4.66. The number of hydrogen-bond donors (Lipinski definition) is 1. The van der Waals surface area contributed by atoms with Gasteiger partial charge in [-0.15, -0.1) is 11.3 Å². The Morgan fingerprint density at radius 3 is 2.75 bits per heavy atom. The number of fused-ring (bicyclic) bond motifs is 1. The molecule has 2 heterocycles. The molecule has 0 aliphatic carbocycles. The number of nitrogens with two attached hydrogens (primary N) is 1. The zero-order valence-electron chi connectivity index (χ0n) is 10.4. The summed E-state index contributed by atoms with van der Waals surface area (Å²) in [5.74, 6) is 1.36. The second kappa shape index (κ2) is 5.31. The number of nitrogen functional groups attached to an aromatic ring is 1. The first-order chi connectivity index (χ1) is 9.52. The van der Waals surface area contributed by atoms with E-state index in [1.807, 2.05) is 31.2 Å². The standard InChI is InChI=1S/C13H9Br2N3OS/c1-6-4-8-11(17-13(16)18-12(8)20-6)19-10-3-2-7(14)5-9(10)15/h2-5H,1H3,(H2,16,17,18). The molecule has 3 rings (SSSR count). The molecule has 2 aromatic heterocycles. The lowest BCUT2D eigenvalue weighted by Gasteiger charge is -2.08. The molecule has 0 bridgehead atoms. The lowest BCUT2D eigenvalue weighted by molar-refractivity contribution is 0.466. The lowest BCUT2D eigenvalue weighted by atomic mass is 10.3. The van der Waals surface area contributed by atoms with Crippen LogP contribution in [-0.4, -0.2) is 9.97 Å². The highest BCUT2D eigenvalue weighted by molar-refractivity contribution is 9.11. The van der Waals surface area contributed by atoms with Crippen molar-refractivity contribution in [3.05, 3.63) is 38.1 Å². The number of anilines is 1. The van der Waals surface area contributed by atoms with Crippen molar-refractivity contribution in [2.24, 2.45) is 0 Å². The van der Waals surface area contributed by atoms with Gasteiger partial charge in [0.15, 0.2) is 0 Å². The summed E-state index contributed by atoms with van der Waals surface area (Å²) in [5, 5.41) is 0.872. The Bertz CT molecular complexity index is 804. The zero-order chi connectivity index (χ0) is 14.3. The average Bonchev–Trinajstić information content (AvgIpc) is 2.73. The fourth-order valence-electron chi connectivity index (χ4n) is 1.77. The molecular weight excluding hydrogens is 406 g/mol. The van der Waals surface area contributed by atoms with Crippen molar-refractivity contribution in [1.82, 2.24) is 9.97 Å². The minimum absolute atomic E-state index is 0.211. The van der Waals surface area contributed by atoms with Crippen LogP contribution in [0.25, 0.3) is 10.2 Å². The Kier molecular flexibility index (Phi) is 3.66. The van der Waals surface area contributed by atoms with Crippen LogP contribution in [0.5, 0.6) is 11.6 Å². The third kappa shape index (κ3) is 2.65. The van der Waals surface area contributed by atoms with E-state index in [1.54, 1.807) is 11.3 Å². The van der Waals surface area contributed by atoms with Crippen molar-refractivity contribution in [1.29, 1.82) is 0 Å². The van der Waals surface area contributed by atoms with Gasteiger partial charge in [-0.05, 0) is 47.1 Å². The van der Waals surface area contributed by atoms with E-state index < -0.39 is 0 Å². The van der Waals surface area contributed by atoms with Gasteiger partial charge in [0.05, 0.1) is 9.86 Å². The maximum Gasteiger partial charge on any atom is 0.232 e. The predicted octanol–water partition coefficient (Wildman–Crippen LogP) is 4.90. The number of aromatic nitrogens is 2. The van der Waals surface area contributed by atoms with Crippen LogP contribution in [0.15, 0.2) is 33.2 Å². The van der Waals surface area contributed by atoms with Gasteiger partial charge in [-0.1, -0.05) is 15.9 Å². The topological polar surface area (TPSA) is 61.0 Å². The minimum Gasteiger partial charge on any atom is -0.437 e. The Balaban J connectivity index is 2.10. The van der Waals surface area contributed by atoms with Gasteiger partial charge in [0.25, 0.3) is 0 Å². The number of nitrogens with zero attached hydrogens (tertiary/aromatic N) is 2. The molecule has 0 atom stereocenters. The van der Waals surface area contributed by atoms with Crippen molar-refractivity contribution >= 4 is 59.4 Å².